The molecule has 0 saturated heterocycles. The highest BCUT2D eigenvalue weighted by Gasteiger charge is 2.16. The lowest BCUT2D eigenvalue weighted by molar-refractivity contribution is 0.415. The molecule has 9 heteroatoms. The van der Waals surface area contributed by atoms with E-state index >= 15 is 0 Å². The van der Waals surface area contributed by atoms with Gasteiger partial charge in [0.15, 0.2) is 0 Å². The molecule has 0 bridgehead atoms. The van der Waals surface area contributed by atoms with Crippen LogP contribution in [0.4, 0.5) is 5.69 Å². The average molecular weight is 297 g/mol. The number of methoxy groups -OCH3 is 1. The molecule has 0 spiro atoms. The van der Waals surface area contributed by atoms with Gasteiger partial charge in [0, 0.05) is 13.1 Å². The smallest absolute Gasteiger partial charge is 0.241 e. The Kier molecular flexibility index (Phi) is 3.91. The van der Waals surface area contributed by atoms with Crippen molar-refractivity contribution in [2.45, 2.75) is 11.4 Å². The molecule has 3 N–H and O–H groups in total. The SMILES string of the molecule is COc1cc(S(=O)(=O)NCc2nncn2C)ccc1N. The number of benzene rings is 1. The van der Waals surface area contributed by atoms with Crippen LogP contribution >= 0.6 is 0 Å². The maximum Gasteiger partial charge on any atom is 0.241 e. The van der Waals surface area contributed by atoms with Crippen molar-refractivity contribution < 1.29 is 13.2 Å². The summed E-state index contributed by atoms with van der Waals surface area (Å²) in [7, 11) is -0.511. The lowest BCUT2D eigenvalue weighted by Gasteiger charge is -2.09. The molecule has 108 valence electrons. The van der Waals surface area contributed by atoms with Crippen LogP contribution in [-0.4, -0.2) is 30.3 Å². The molecule has 0 saturated carbocycles. The van der Waals surface area contributed by atoms with Gasteiger partial charge in [-0.1, -0.05) is 0 Å². The van der Waals surface area contributed by atoms with Gasteiger partial charge in [0.05, 0.1) is 24.2 Å². The summed E-state index contributed by atoms with van der Waals surface area (Å²) in [4.78, 5) is 0.0747. The van der Waals surface area contributed by atoms with Crippen LogP contribution < -0.4 is 15.2 Å². The van der Waals surface area contributed by atoms with Gasteiger partial charge in [-0.2, -0.15) is 0 Å². The van der Waals surface area contributed by atoms with Crippen LogP contribution in [0.15, 0.2) is 29.4 Å². The first-order valence-electron chi connectivity index (χ1n) is 5.70. The standard InChI is InChI=1S/C11H15N5O3S/c1-16-7-13-15-11(16)6-14-20(17,18)8-3-4-9(12)10(5-8)19-2/h3-5,7,14H,6,12H2,1-2H3. The molecule has 0 radical (unpaired) electrons. The number of nitrogens with zero attached hydrogens (tertiary/aromatic N) is 3. The molecule has 2 rings (SSSR count). The summed E-state index contributed by atoms with van der Waals surface area (Å²) in [6.45, 7) is 0.0471. The Balaban J connectivity index is 2.20. The van der Waals surface area contributed by atoms with E-state index in [0.717, 1.165) is 0 Å². The second-order valence-electron chi connectivity index (χ2n) is 4.09. The summed E-state index contributed by atoms with van der Waals surface area (Å²) in [6, 6.07) is 4.26. The third kappa shape index (κ3) is 2.89. The quantitative estimate of drug-likeness (QED) is 0.744. The van der Waals surface area contributed by atoms with Gasteiger partial charge in [-0.05, 0) is 12.1 Å². The van der Waals surface area contributed by atoms with Gasteiger partial charge in [-0.15, -0.1) is 10.2 Å². The Bertz CT molecular complexity index is 711. The third-order valence-corrected chi connectivity index (χ3v) is 4.14. The van der Waals surface area contributed by atoms with Gasteiger partial charge in [0.1, 0.15) is 17.9 Å². The molecule has 1 aromatic heterocycles. The Morgan fingerprint density at radius 2 is 2.20 bits per heavy atom. The van der Waals surface area contributed by atoms with Gasteiger partial charge >= 0.3 is 0 Å². The van der Waals surface area contributed by atoms with Crippen molar-refractivity contribution in [2.75, 3.05) is 12.8 Å². The largest absolute Gasteiger partial charge is 0.495 e. The highest BCUT2D eigenvalue weighted by Crippen LogP contribution is 2.24. The Morgan fingerprint density at radius 1 is 1.45 bits per heavy atom. The second-order valence-corrected chi connectivity index (χ2v) is 5.85. The molecule has 1 heterocycles. The van der Waals surface area contributed by atoms with Crippen molar-refractivity contribution in [3.05, 3.63) is 30.4 Å². The molecule has 0 amide bonds. The number of ether oxygens (including phenoxy) is 1. The van der Waals surface area contributed by atoms with Crippen LogP contribution in [0.25, 0.3) is 0 Å². The lowest BCUT2D eigenvalue weighted by atomic mass is 10.3. The number of sulfonamides is 1. The highest BCUT2D eigenvalue weighted by molar-refractivity contribution is 7.89. The number of nitrogens with two attached hydrogens (primary N) is 1. The van der Waals surface area contributed by atoms with Gasteiger partial charge in [0.25, 0.3) is 0 Å². The number of hydrogen-bond donors (Lipinski definition) is 2. The number of nitrogen functional groups attached to an aromatic ring is 1. The predicted octanol–water partition coefficient (Wildman–Crippen LogP) is -0.116. The number of nitrogens with one attached hydrogen (secondary N) is 1. The fourth-order valence-electron chi connectivity index (χ4n) is 1.57. The van der Waals surface area contributed by atoms with E-state index in [1.165, 1.54) is 31.6 Å². The minimum atomic E-state index is -3.67. The van der Waals surface area contributed by atoms with Crippen LogP contribution in [-0.2, 0) is 23.6 Å². The van der Waals surface area contributed by atoms with Gasteiger partial charge < -0.3 is 15.0 Å². The molecular weight excluding hydrogens is 282 g/mol. The van der Waals surface area contributed by atoms with Crippen molar-refractivity contribution in [3.63, 3.8) is 0 Å². The number of hydrogen-bond acceptors (Lipinski definition) is 6. The Morgan fingerprint density at radius 3 is 2.80 bits per heavy atom. The first kappa shape index (κ1) is 14.3. The predicted molar refractivity (Wildman–Crippen MR) is 72.4 cm³/mol. The molecule has 2 aromatic rings. The van der Waals surface area contributed by atoms with Gasteiger partial charge in [-0.3, -0.25) is 0 Å². The van der Waals surface area contributed by atoms with Gasteiger partial charge in [-0.25, -0.2) is 13.1 Å². The van der Waals surface area contributed by atoms with Crippen LogP contribution in [0, 0.1) is 0 Å². The zero-order valence-corrected chi connectivity index (χ0v) is 11.9. The zero-order valence-electron chi connectivity index (χ0n) is 11.1. The first-order chi connectivity index (χ1) is 9.44. The molecule has 0 aliphatic heterocycles. The van der Waals surface area contributed by atoms with Gasteiger partial charge in [0.2, 0.25) is 10.0 Å². The summed E-state index contributed by atoms with van der Waals surface area (Å²) >= 11 is 0. The molecule has 0 aliphatic rings. The van der Waals surface area contributed by atoms with Crippen molar-refractivity contribution in [1.82, 2.24) is 19.5 Å². The van der Waals surface area contributed by atoms with Crippen molar-refractivity contribution in [2.24, 2.45) is 7.05 Å². The Labute approximate surface area is 116 Å². The third-order valence-electron chi connectivity index (χ3n) is 2.74. The molecule has 0 fully saturated rings. The highest BCUT2D eigenvalue weighted by atomic mass is 32.2. The number of anilines is 1. The molecule has 1 aromatic carbocycles. The molecule has 0 unspecified atom stereocenters. The van der Waals surface area contributed by atoms with Crippen LogP contribution in [0.2, 0.25) is 0 Å². The minimum absolute atomic E-state index is 0.0471. The maximum absolute atomic E-state index is 12.2. The fourth-order valence-corrected chi connectivity index (χ4v) is 2.56. The summed E-state index contributed by atoms with van der Waals surface area (Å²) in [5.74, 6) is 0.822. The summed E-state index contributed by atoms with van der Waals surface area (Å²) < 4.78 is 33.4. The topological polar surface area (TPSA) is 112 Å². The zero-order chi connectivity index (χ0) is 14.8. The first-order valence-corrected chi connectivity index (χ1v) is 7.18. The molecule has 0 atom stereocenters. The summed E-state index contributed by atoms with van der Waals surface area (Å²) in [5, 5.41) is 7.48. The van der Waals surface area contributed by atoms with Crippen LogP contribution in [0.5, 0.6) is 5.75 Å². The van der Waals surface area contributed by atoms with E-state index in [0.29, 0.717) is 17.3 Å². The van der Waals surface area contributed by atoms with E-state index in [2.05, 4.69) is 14.9 Å². The van der Waals surface area contributed by atoms with Crippen molar-refractivity contribution in [3.8, 4) is 5.75 Å². The number of aryl methyl sites for hydroxylation is 1. The second kappa shape index (κ2) is 5.47. The van der Waals surface area contributed by atoms with E-state index < -0.39 is 10.0 Å². The molecule has 0 aliphatic carbocycles. The number of rotatable bonds is 5. The lowest BCUT2D eigenvalue weighted by Crippen LogP contribution is -2.24. The molecular formula is C11H15N5O3S. The Hall–Kier alpha value is -2.13. The van der Waals surface area contributed by atoms with Crippen LogP contribution in [0.3, 0.4) is 0 Å². The summed E-state index contributed by atoms with van der Waals surface area (Å²) in [6.07, 6.45) is 1.50. The maximum atomic E-state index is 12.2. The van der Waals surface area contributed by atoms with E-state index in [4.69, 9.17) is 10.5 Å². The van der Waals surface area contributed by atoms with E-state index in [1.54, 1.807) is 11.6 Å². The van der Waals surface area contributed by atoms with E-state index in [9.17, 15) is 8.42 Å². The van der Waals surface area contributed by atoms with Crippen LogP contribution in [0.1, 0.15) is 5.82 Å². The van der Waals surface area contributed by atoms with E-state index in [-0.39, 0.29) is 11.4 Å². The molecule has 8 nitrogen and oxygen atoms in total. The summed E-state index contributed by atoms with van der Waals surface area (Å²) in [5.41, 5.74) is 6.03. The fraction of sp³-hybridized carbons (Fsp3) is 0.273. The monoisotopic (exact) mass is 297 g/mol. The molecule has 20 heavy (non-hydrogen) atoms. The van der Waals surface area contributed by atoms with Crippen molar-refractivity contribution >= 4 is 15.7 Å². The average Bonchev–Trinajstić information content (AvgIpc) is 2.82. The minimum Gasteiger partial charge on any atom is -0.495 e. The normalized spacial score (nSPS) is 11.5. The van der Waals surface area contributed by atoms with Crippen molar-refractivity contribution in [1.29, 1.82) is 0 Å². The van der Waals surface area contributed by atoms with E-state index in [1.807, 2.05) is 0 Å². The number of aromatic nitrogens is 3.